The molecule has 1 N–H and O–H groups in total. The van der Waals surface area contributed by atoms with E-state index in [0.717, 1.165) is 18.7 Å². The lowest BCUT2D eigenvalue weighted by Gasteiger charge is -2.16. The van der Waals surface area contributed by atoms with E-state index in [-0.39, 0.29) is 0 Å². The first-order valence-electron chi connectivity index (χ1n) is 6.63. The highest BCUT2D eigenvalue weighted by Gasteiger charge is 2.09. The smallest absolute Gasteiger partial charge is 0.0633 e. The van der Waals surface area contributed by atoms with Gasteiger partial charge in [0.15, 0.2) is 0 Å². The lowest BCUT2D eigenvalue weighted by atomic mass is 10.1. The molecule has 1 heterocycles. The first-order valence-corrected chi connectivity index (χ1v) is 6.63. The second kappa shape index (κ2) is 7.07. The van der Waals surface area contributed by atoms with Crippen LogP contribution in [-0.4, -0.2) is 36.1 Å². The maximum atomic E-state index is 5.22. The van der Waals surface area contributed by atoms with Crippen molar-refractivity contribution in [3.63, 3.8) is 0 Å². The summed E-state index contributed by atoms with van der Waals surface area (Å²) in [5, 5.41) is 7.81. The van der Waals surface area contributed by atoms with Crippen LogP contribution in [-0.2, 0) is 11.3 Å². The van der Waals surface area contributed by atoms with E-state index in [4.69, 9.17) is 4.74 Å². The highest BCUT2D eigenvalue weighted by molar-refractivity contribution is 5.61. The van der Waals surface area contributed by atoms with E-state index in [1.165, 1.54) is 5.56 Å². The van der Waals surface area contributed by atoms with Crippen molar-refractivity contribution in [3.8, 4) is 11.1 Å². The summed E-state index contributed by atoms with van der Waals surface area (Å²) >= 11 is 0. The summed E-state index contributed by atoms with van der Waals surface area (Å²) in [6.45, 7) is 4.53. The number of hydrogen-bond acceptors (Lipinski definition) is 3. The van der Waals surface area contributed by atoms with Gasteiger partial charge in [0.1, 0.15) is 0 Å². The third-order valence-electron chi connectivity index (χ3n) is 3.01. The zero-order chi connectivity index (χ0) is 13.5. The zero-order valence-electron chi connectivity index (χ0n) is 11.5. The Kier molecular flexibility index (Phi) is 5.12. The number of ether oxygens (including phenoxy) is 1. The van der Waals surface area contributed by atoms with Gasteiger partial charge in [0, 0.05) is 18.9 Å². The molecule has 0 spiro atoms. The Hall–Kier alpha value is -1.65. The molecule has 1 aromatic carbocycles. The van der Waals surface area contributed by atoms with Gasteiger partial charge in [-0.3, -0.25) is 4.68 Å². The van der Waals surface area contributed by atoms with Crippen molar-refractivity contribution in [3.05, 3.63) is 42.7 Å². The molecule has 2 aromatic rings. The van der Waals surface area contributed by atoms with Gasteiger partial charge in [-0.1, -0.05) is 37.3 Å². The molecule has 19 heavy (non-hydrogen) atoms. The van der Waals surface area contributed by atoms with Crippen molar-refractivity contribution in [1.82, 2.24) is 15.1 Å². The highest BCUT2D eigenvalue weighted by atomic mass is 16.5. The molecule has 1 atom stereocenters. The Labute approximate surface area is 114 Å². The quantitative estimate of drug-likeness (QED) is 0.828. The van der Waals surface area contributed by atoms with E-state index < -0.39 is 0 Å². The Morgan fingerprint density at radius 1 is 1.26 bits per heavy atom. The second-order valence-electron chi connectivity index (χ2n) is 4.53. The van der Waals surface area contributed by atoms with Gasteiger partial charge in [-0.05, 0) is 12.1 Å². The molecule has 0 bridgehead atoms. The van der Waals surface area contributed by atoms with E-state index >= 15 is 0 Å². The third-order valence-corrected chi connectivity index (χ3v) is 3.01. The van der Waals surface area contributed by atoms with E-state index in [0.29, 0.717) is 12.6 Å². The summed E-state index contributed by atoms with van der Waals surface area (Å²) < 4.78 is 7.18. The number of methoxy groups -OCH3 is 1. The maximum absolute atomic E-state index is 5.22. The number of rotatable bonds is 7. The minimum Gasteiger partial charge on any atom is -0.383 e. The predicted octanol–water partition coefficient (Wildman–Crippen LogP) is 2.17. The summed E-state index contributed by atoms with van der Waals surface area (Å²) in [4.78, 5) is 0. The summed E-state index contributed by atoms with van der Waals surface area (Å²) in [6, 6.07) is 10.6. The van der Waals surface area contributed by atoms with Crippen LogP contribution in [0.5, 0.6) is 0 Å². The average molecular weight is 259 g/mol. The van der Waals surface area contributed by atoms with Crippen LogP contribution in [0.15, 0.2) is 42.7 Å². The first kappa shape index (κ1) is 13.8. The van der Waals surface area contributed by atoms with Crippen molar-refractivity contribution in [2.45, 2.75) is 19.5 Å². The van der Waals surface area contributed by atoms with Crippen LogP contribution < -0.4 is 5.32 Å². The molecule has 0 fully saturated rings. The summed E-state index contributed by atoms with van der Waals surface area (Å²) in [6.07, 6.45) is 3.99. The van der Waals surface area contributed by atoms with Gasteiger partial charge < -0.3 is 10.1 Å². The SMILES string of the molecule is CCNC(COC)Cn1cc(-c2ccccc2)cn1. The monoisotopic (exact) mass is 259 g/mol. The lowest BCUT2D eigenvalue weighted by molar-refractivity contribution is 0.157. The van der Waals surface area contributed by atoms with Crippen molar-refractivity contribution in [1.29, 1.82) is 0 Å². The third kappa shape index (κ3) is 3.91. The highest BCUT2D eigenvalue weighted by Crippen LogP contribution is 2.17. The van der Waals surface area contributed by atoms with Gasteiger partial charge in [0.2, 0.25) is 0 Å². The Balaban J connectivity index is 2.04. The number of likely N-dealkylation sites (N-methyl/N-ethyl adjacent to an activating group) is 1. The molecule has 0 aliphatic carbocycles. The molecule has 0 radical (unpaired) electrons. The van der Waals surface area contributed by atoms with E-state index in [1.807, 2.05) is 29.1 Å². The predicted molar refractivity (Wildman–Crippen MR) is 77.0 cm³/mol. The van der Waals surface area contributed by atoms with Gasteiger partial charge >= 0.3 is 0 Å². The fourth-order valence-corrected chi connectivity index (χ4v) is 2.13. The van der Waals surface area contributed by atoms with Crippen LogP contribution in [0.25, 0.3) is 11.1 Å². The Bertz CT molecular complexity index is 475. The van der Waals surface area contributed by atoms with E-state index in [2.05, 4.69) is 35.7 Å². The fourth-order valence-electron chi connectivity index (χ4n) is 2.13. The van der Waals surface area contributed by atoms with Crippen molar-refractivity contribution in [2.75, 3.05) is 20.3 Å². The fraction of sp³-hybridized carbons (Fsp3) is 0.400. The molecule has 0 saturated heterocycles. The molecule has 2 rings (SSSR count). The molecule has 1 unspecified atom stereocenters. The standard InChI is InChI=1S/C15H21N3O/c1-3-16-15(12-19-2)11-18-10-14(9-17-18)13-7-5-4-6-8-13/h4-10,15-16H,3,11-12H2,1-2H3. The summed E-state index contributed by atoms with van der Waals surface area (Å²) in [5.41, 5.74) is 2.34. The van der Waals surface area contributed by atoms with Crippen LogP contribution in [0.3, 0.4) is 0 Å². The van der Waals surface area contributed by atoms with Crippen LogP contribution in [0.2, 0.25) is 0 Å². The van der Waals surface area contributed by atoms with Gasteiger partial charge in [-0.25, -0.2) is 0 Å². The van der Waals surface area contributed by atoms with Crippen LogP contribution in [0.4, 0.5) is 0 Å². The molecular formula is C15H21N3O. The number of benzene rings is 1. The lowest BCUT2D eigenvalue weighted by Crippen LogP contribution is -2.37. The molecule has 4 heteroatoms. The minimum absolute atomic E-state index is 0.290. The summed E-state index contributed by atoms with van der Waals surface area (Å²) in [7, 11) is 1.73. The largest absolute Gasteiger partial charge is 0.383 e. The van der Waals surface area contributed by atoms with Crippen LogP contribution in [0, 0.1) is 0 Å². The molecule has 0 amide bonds. The Morgan fingerprint density at radius 2 is 2.05 bits per heavy atom. The van der Waals surface area contributed by atoms with Gasteiger partial charge in [0.05, 0.1) is 25.4 Å². The molecule has 1 aromatic heterocycles. The number of nitrogens with zero attached hydrogens (tertiary/aromatic N) is 2. The number of hydrogen-bond donors (Lipinski definition) is 1. The molecule has 4 nitrogen and oxygen atoms in total. The Morgan fingerprint density at radius 3 is 2.74 bits per heavy atom. The zero-order valence-corrected chi connectivity index (χ0v) is 11.5. The van der Waals surface area contributed by atoms with Crippen molar-refractivity contribution < 1.29 is 4.74 Å². The van der Waals surface area contributed by atoms with E-state index in [1.54, 1.807) is 7.11 Å². The second-order valence-corrected chi connectivity index (χ2v) is 4.53. The summed E-state index contributed by atoms with van der Waals surface area (Å²) in [5.74, 6) is 0. The van der Waals surface area contributed by atoms with E-state index in [9.17, 15) is 0 Å². The molecule has 0 aliphatic heterocycles. The molecule has 102 valence electrons. The number of aromatic nitrogens is 2. The first-order chi connectivity index (χ1) is 9.33. The minimum atomic E-state index is 0.290. The van der Waals surface area contributed by atoms with Crippen LogP contribution >= 0.6 is 0 Å². The average Bonchev–Trinajstić information content (AvgIpc) is 2.89. The normalized spacial score (nSPS) is 12.5. The van der Waals surface area contributed by atoms with Crippen LogP contribution in [0.1, 0.15) is 6.92 Å². The molecule has 0 saturated carbocycles. The van der Waals surface area contributed by atoms with Crippen molar-refractivity contribution in [2.24, 2.45) is 0 Å². The van der Waals surface area contributed by atoms with Crippen molar-refractivity contribution >= 4 is 0 Å². The van der Waals surface area contributed by atoms with Gasteiger partial charge in [-0.15, -0.1) is 0 Å². The topological polar surface area (TPSA) is 39.1 Å². The van der Waals surface area contributed by atoms with Gasteiger partial charge in [-0.2, -0.15) is 5.10 Å². The molecular weight excluding hydrogens is 238 g/mol. The number of nitrogens with one attached hydrogen (secondary N) is 1. The van der Waals surface area contributed by atoms with Gasteiger partial charge in [0.25, 0.3) is 0 Å². The molecule has 0 aliphatic rings. The maximum Gasteiger partial charge on any atom is 0.0633 e.